The molecule has 6 heteroatoms. The van der Waals surface area contributed by atoms with Crippen LogP contribution in [-0.2, 0) is 0 Å². The highest BCUT2D eigenvalue weighted by Crippen LogP contribution is 2.42. The van der Waals surface area contributed by atoms with Gasteiger partial charge in [-0.1, -0.05) is 6.92 Å². The number of halogens is 1. The largest absolute Gasteiger partial charge is 0.454 e. The quantitative estimate of drug-likeness (QED) is 0.919. The maximum absolute atomic E-state index is 6.04. The van der Waals surface area contributed by atoms with Crippen molar-refractivity contribution in [2.24, 2.45) is 10.7 Å². The molecule has 0 aliphatic carbocycles. The van der Waals surface area contributed by atoms with Crippen molar-refractivity contribution in [3.8, 4) is 11.5 Å². The Labute approximate surface area is 126 Å². The number of benzene rings is 1. The fourth-order valence-corrected chi connectivity index (χ4v) is 3.26. The summed E-state index contributed by atoms with van der Waals surface area (Å²) in [5.74, 6) is 2.18. The molecule has 108 valence electrons. The zero-order valence-corrected chi connectivity index (χ0v) is 13.2. The molecule has 1 aromatic carbocycles. The Morgan fingerprint density at radius 2 is 2.30 bits per heavy atom. The fourth-order valence-electron chi connectivity index (χ4n) is 2.68. The summed E-state index contributed by atoms with van der Waals surface area (Å²) in [4.78, 5) is 6.59. The normalized spacial score (nSPS) is 22.1. The summed E-state index contributed by atoms with van der Waals surface area (Å²) in [7, 11) is 0. The second-order valence-corrected chi connectivity index (χ2v) is 5.97. The van der Waals surface area contributed by atoms with Crippen LogP contribution in [0, 0.1) is 0 Å². The summed E-state index contributed by atoms with van der Waals surface area (Å²) < 4.78 is 11.8. The third-order valence-electron chi connectivity index (χ3n) is 3.93. The summed E-state index contributed by atoms with van der Waals surface area (Å²) in [6.45, 7) is 5.28. The van der Waals surface area contributed by atoms with Gasteiger partial charge in [-0.2, -0.15) is 0 Å². The second kappa shape index (κ2) is 5.16. The van der Waals surface area contributed by atoms with E-state index in [0.29, 0.717) is 18.5 Å². The molecule has 0 radical (unpaired) electrons. The van der Waals surface area contributed by atoms with Crippen LogP contribution in [0.5, 0.6) is 11.5 Å². The molecule has 0 fully saturated rings. The summed E-state index contributed by atoms with van der Waals surface area (Å²) >= 11 is 3.54. The predicted molar refractivity (Wildman–Crippen MR) is 81.1 cm³/mol. The SMILES string of the molecule is CCC(C)N1C(N)=NCC1c1cc(Br)c2c(c1)OCO2. The van der Waals surface area contributed by atoms with Gasteiger partial charge >= 0.3 is 0 Å². The van der Waals surface area contributed by atoms with Gasteiger partial charge in [0.05, 0.1) is 17.1 Å². The van der Waals surface area contributed by atoms with Crippen LogP contribution in [-0.4, -0.2) is 30.2 Å². The molecule has 0 amide bonds. The second-order valence-electron chi connectivity index (χ2n) is 5.12. The van der Waals surface area contributed by atoms with E-state index in [1.807, 2.05) is 6.07 Å². The third kappa shape index (κ3) is 2.12. The zero-order chi connectivity index (χ0) is 14.3. The van der Waals surface area contributed by atoms with Crippen LogP contribution in [0.4, 0.5) is 0 Å². The number of ether oxygens (including phenoxy) is 2. The molecule has 2 atom stereocenters. The molecule has 1 aromatic rings. The number of nitrogens with zero attached hydrogens (tertiary/aromatic N) is 2. The van der Waals surface area contributed by atoms with Crippen molar-refractivity contribution in [3.63, 3.8) is 0 Å². The Morgan fingerprint density at radius 3 is 3.05 bits per heavy atom. The first-order valence-electron chi connectivity index (χ1n) is 6.79. The third-order valence-corrected chi connectivity index (χ3v) is 4.52. The van der Waals surface area contributed by atoms with E-state index in [-0.39, 0.29) is 12.8 Å². The van der Waals surface area contributed by atoms with Crippen molar-refractivity contribution in [1.82, 2.24) is 4.90 Å². The molecule has 0 spiro atoms. The highest BCUT2D eigenvalue weighted by Gasteiger charge is 2.32. The van der Waals surface area contributed by atoms with Gasteiger partial charge in [-0.25, -0.2) is 0 Å². The van der Waals surface area contributed by atoms with Crippen molar-refractivity contribution in [1.29, 1.82) is 0 Å². The van der Waals surface area contributed by atoms with Crippen LogP contribution in [0.3, 0.4) is 0 Å². The van der Waals surface area contributed by atoms with Crippen LogP contribution in [0.15, 0.2) is 21.6 Å². The molecular weight excluding hydrogens is 322 g/mol. The number of hydrogen-bond donors (Lipinski definition) is 1. The zero-order valence-electron chi connectivity index (χ0n) is 11.6. The van der Waals surface area contributed by atoms with Gasteiger partial charge in [0, 0.05) is 6.04 Å². The van der Waals surface area contributed by atoms with E-state index in [4.69, 9.17) is 15.2 Å². The van der Waals surface area contributed by atoms with E-state index in [0.717, 1.165) is 28.0 Å². The lowest BCUT2D eigenvalue weighted by molar-refractivity contribution is 0.173. The topological polar surface area (TPSA) is 60.1 Å². The highest BCUT2D eigenvalue weighted by atomic mass is 79.9. The Morgan fingerprint density at radius 1 is 1.50 bits per heavy atom. The number of nitrogens with two attached hydrogens (primary N) is 1. The molecule has 2 N–H and O–H groups in total. The van der Waals surface area contributed by atoms with Crippen LogP contribution in [0.2, 0.25) is 0 Å². The average Bonchev–Trinajstić information content (AvgIpc) is 3.04. The first-order valence-corrected chi connectivity index (χ1v) is 7.58. The van der Waals surface area contributed by atoms with E-state index in [1.54, 1.807) is 0 Å². The van der Waals surface area contributed by atoms with Crippen LogP contribution < -0.4 is 15.2 Å². The van der Waals surface area contributed by atoms with Gasteiger partial charge < -0.3 is 20.1 Å². The van der Waals surface area contributed by atoms with E-state index in [1.165, 1.54) is 0 Å². The van der Waals surface area contributed by atoms with Gasteiger partial charge in [0.1, 0.15) is 0 Å². The molecule has 2 heterocycles. The number of hydrogen-bond acceptors (Lipinski definition) is 5. The van der Waals surface area contributed by atoms with Gasteiger partial charge in [0.2, 0.25) is 6.79 Å². The Balaban J connectivity index is 1.95. The van der Waals surface area contributed by atoms with E-state index >= 15 is 0 Å². The smallest absolute Gasteiger partial charge is 0.231 e. The molecule has 5 nitrogen and oxygen atoms in total. The maximum Gasteiger partial charge on any atom is 0.231 e. The molecule has 20 heavy (non-hydrogen) atoms. The molecule has 2 aliphatic heterocycles. The summed E-state index contributed by atoms with van der Waals surface area (Å²) in [6, 6.07) is 4.62. The number of fused-ring (bicyclic) bond motifs is 1. The van der Waals surface area contributed by atoms with Gasteiger partial charge in [0.15, 0.2) is 17.5 Å². The lowest BCUT2D eigenvalue weighted by Gasteiger charge is -2.32. The van der Waals surface area contributed by atoms with E-state index in [9.17, 15) is 0 Å². The Bertz CT molecular complexity index is 562. The first-order chi connectivity index (χ1) is 9.61. The lowest BCUT2D eigenvalue weighted by Crippen LogP contribution is -2.42. The molecule has 0 bridgehead atoms. The minimum absolute atomic E-state index is 0.163. The van der Waals surface area contributed by atoms with Gasteiger partial charge in [-0.15, -0.1) is 0 Å². The number of rotatable bonds is 3. The van der Waals surface area contributed by atoms with Crippen LogP contribution in [0.1, 0.15) is 31.9 Å². The monoisotopic (exact) mass is 339 g/mol. The summed E-state index contributed by atoms with van der Waals surface area (Å²) in [5.41, 5.74) is 7.19. The van der Waals surface area contributed by atoms with Gasteiger partial charge in [-0.05, 0) is 47.0 Å². The van der Waals surface area contributed by atoms with E-state index in [2.05, 4.69) is 45.7 Å². The molecular formula is C14H18BrN3O2. The molecule has 0 saturated heterocycles. The minimum Gasteiger partial charge on any atom is -0.454 e. The number of guanidine groups is 1. The average molecular weight is 340 g/mol. The molecule has 0 aromatic heterocycles. The van der Waals surface area contributed by atoms with Crippen molar-refractivity contribution >= 4 is 21.9 Å². The minimum atomic E-state index is 0.163. The molecule has 0 saturated carbocycles. The summed E-state index contributed by atoms with van der Waals surface area (Å²) in [5, 5.41) is 0. The maximum atomic E-state index is 6.04. The van der Waals surface area contributed by atoms with Crippen LogP contribution in [0.25, 0.3) is 0 Å². The predicted octanol–water partition coefficient (Wildman–Crippen LogP) is 2.65. The fraction of sp³-hybridized carbons (Fsp3) is 0.500. The Kier molecular flexibility index (Phi) is 3.50. The van der Waals surface area contributed by atoms with Crippen molar-refractivity contribution < 1.29 is 9.47 Å². The van der Waals surface area contributed by atoms with Crippen molar-refractivity contribution in [3.05, 3.63) is 22.2 Å². The Hall–Kier alpha value is -1.43. The van der Waals surface area contributed by atoms with Crippen LogP contribution >= 0.6 is 15.9 Å². The summed E-state index contributed by atoms with van der Waals surface area (Å²) in [6.07, 6.45) is 1.03. The van der Waals surface area contributed by atoms with E-state index < -0.39 is 0 Å². The lowest BCUT2D eigenvalue weighted by atomic mass is 10.0. The van der Waals surface area contributed by atoms with Crippen molar-refractivity contribution in [2.75, 3.05) is 13.3 Å². The molecule has 2 unspecified atom stereocenters. The van der Waals surface area contributed by atoms with Crippen molar-refractivity contribution in [2.45, 2.75) is 32.4 Å². The standard InChI is InChI=1S/C14H18BrN3O2/c1-3-8(2)18-11(6-17-14(18)16)9-4-10(15)13-12(5-9)19-7-20-13/h4-5,8,11H,3,6-7H2,1-2H3,(H2,16,17). The van der Waals surface area contributed by atoms with Gasteiger partial charge in [-0.3, -0.25) is 4.99 Å². The number of aliphatic imine (C=N–C) groups is 1. The van der Waals surface area contributed by atoms with Gasteiger partial charge in [0.25, 0.3) is 0 Å². The highest BCUT2D eigenvalue weighted by molar-refractivity contribution is 9.10. The molecule has 3 rings (SSSR count). The first kappa shape index (κ1) is 13.5. The molecule has 2 aliphatic rings.